The molecule has 0 atom stereocenters. The highest BCUT2D eigenvalue weighted by molar-refractivity contribution is 7.99. The Hall–Kier alpha value is -7.40. The molecule has 0 bridgehead atoms. The first-order valence-electron chi connectivity index (χ1n) is 20.3. The largest absolute Gasteiger partial charge is 0.264 e. The van der Waals surface area contributed by atoms with E-state index in [-0.39, 0.29) is 0 Å². The van der Waals surface area contributed by atoms with Crippen molar-refractivity contribution in [2.75, 3.05) is 0 Å². The van der Waals surface area contributed by atoms with Gasteiger partial charge in [-0.25, -0.2) is 9.97 Å². The molecule has 280 valence electrons. The van der Waals surface area contributed by atoms with Crippen LogP contribution in [-0.2, 0) is 5.41 Å². The van der Waals surface area contributed by atoms with Gasteiger partial charge in [-0.3, -0.25) is 4.98 Å². The van der Waals surface area contributed by atoms with Crippen molar-refractivity contribution in [1.29, 1.82) is 0 Å². The molecule has 0 unspecified atom stereocenters. The monoisotopic (exact) mass is 781 g/mol. The van der Waals surface area contributed by atoms with Crippen molar-refractivity contribution < 1.29 is 0 Å². The maximum Gasteiger partial charge on any atom is 0.160 e. The van der Waals surface area contributed by atoms with Gasteiger partial charge in [0.2, 0.25) is 0 Å². The van der Waals surface area contributed by atoms with Gasteiger partial charge in [0.05, 0.1) is 16.8 Å². The van der Waals surface area contributed by atoms with Gasteiger partial charge < -0.3 is 0 Å². The van der Waals surface area contributed by atoms with Crippen LogP contribution in [0.15, 0.2) is 222 Å². The third-order valence-electron chi connectivity index (χ3n) is 12.3. The summed E-state index contributed by atoms with van der Waals surface area (Å²) in [6.07, 6.45) is 3.86. The fourth-order valence-corrected chi connectivity index (χ4v) is 10.7. The Morgan fingerprint density at radius 1 is 0.367 bits per heavy atom. The first-order valence-corrected chi connectivity index (χ1v) is 21.1. The molecule has 4 heteroatoms. The minimum atomic E-state index is -0.454. The van der Waals surface area contributed by atoms with Crippen LogP contribution in [0.1, 0.15) is 22.3 Å². The molecular weight excluding hydrogens is 747 g/mol. The molecule has 0 fully saturated rings. The minimum absolute atomic E-state index is 0.454. The first-order chi connectivity index (χ1) is 29.7. The summed E-state index contributed by atoms with van der Waals surface area (Å²) >= 11 is 1.88. The van der Waals surface area contributed by atoms with E-state index in [2.05, 4.69) is 181 Å². The van der Waals surface area contributed by atoms with Gasteiger partial charge in [0.1, 0.15) is 0 Å². The Bertz CT molecular complexity index is 3180. The fourth-order valence-electron chi connectivity index (χ4n) is 9.52. The predicted octanol–water partition coefficient (Wildman–Crippen LogP) is 14.2. The maximum atomic E-state index is 5.09. The molecule has 2 aliphatic rings. The van der Waals surface area contributed by atoms with E-state index >= 15 is 0 Å². The standard InChI is InChI=1S/C56H35N3S/c1-3-12-38(13-4-1)51-34-52(59-55(58-51)40-14-5-2-6-15-40)39-24-22-36(23-25-39)41-26-28-47-44(32-41)45-33-42(43-17-11-16-37-30-31-57-35-46(37)43)27-29-48(45)56(47)49-18-7-9-20-53(49)60-54-21-10-8-19-50(54)56/h1-35H. The molecule has 0 saturated carbocycles. The molecule has 60 heavy (non-hydrogen) atoms. The third-order valence-corrected chi connectivity index (χ3v) is 13.4. The molecule has 0 N–H and O–H groups in total. The van der Waals surface area contributed by atoms with E-state index in [1.165, 1.54) is 65.2 Å². The van der Waals surface area contributed by atoms with Crippen molar-refractivity contribution in [2.24, 2.45) is 0 Å². The Labute approximate surface area is 353 Å². The van der Waals surface area contributed by atoms with E-state index < -0.39 is 5.41 Å². The first kappa shape index (κ1) is 34.6. The average Bonchev–Trinajstić information content (AvgIpc) is 3.61. The molecule has 0 saturated heterocycles. The van der Waals surface area contributed by atoms with E-state index in [0.717, 1.165) is 39.0 Å². The number of hydrogen-bond acceptors (Lipinski definition) is 4. The second-order valence-corrected chi connectivity index (χ2v) is 16.6. The molecule has 12 rings (SSSR count). The summed E-state index contributed by atoms with van der Waals surface area (Å²) in [7, 11) is 0. The van der Waals surface area contributed by atoms with Crippen LogP contribution in [0.2, 0.25) is 0 Å². The summed E-state index contributed by atoms with van der Waals surface area (Å²) in [5.74, 6) is 0.714. The second kappa shape index (κ2) is 13.9. The van der Waals surface area contributed by atoms with E-state index in [9.17, 15) is 0 Å². The lowest BCUT2D eigenvalue weighted by Crippen LogP contribution is -2.31. The van der Waals surface area contributed by atoms with Crippen LogP contribution in [0.4, 0.5) is 0 Å². The number of rotatable bonds is 5. The van der Waals surface area contributed by atoms with Crippen LogP contribution < -0.4 is 0 Å². The molecular formula is C56H35N3S. The number of pyridine rings is 1. The van der Waals surface area contributed by atoms with Gasteiger partial charge in [-0.05, 0) is 97.4 Å². The van der Waals surface area contributed by atoms with Crippen LogP contribution in [0.3, 0.4) is 0 Å². The van der Waals surface area contributed by atoms with Crippen molar-refractivity contribution in [1.82, 2.24) is 15.0 Å². The zero-order valence-corrected chi connectivity index (χ0v) is 33.3. The van der Waals surface area contributed by atoms with Crippen LogP contribution in [0.5, 0.6) is 0 Å². The molecule has 2 aromatic heterocycles. The van der Waals surface area contributed by atoms with Crippen LogP contribution in [-0.4, -0.2) is 15.0 Å². The van der Waals surface area contributed by atoms with Gasteiger partial charge in [-0.2, -0.15) is 0 Å². The van der Waals surface area contributed by atoms with Crippen molar-refractivity contribution in [2.45, 2.75) is 15.2 Å². The van der Waals surface area contributed by atoms with Gasteiger partial charge in [0.15, 0.2) is 5.82 Å². The summed E-state index contributed by atoms with van der Waals surface area (Å²) in [5.41, 5.74) is 17.0. The Kier molecular flexibility index (Phi) is 8.00. The third kappa shape index (κ3) is 5.42. The second-order valence-electron chi connectivity index (χ2n) is 15.5. The molecule has 1 aliphatic heterocycles. The van der Waals surface area contributed by atoms with Crippen molar-refractivity contribution in [3.63, 3.8) is 0 Å². The molecule has 0 radical (unpaired) electrons. The summed E-state index contributed by atoms with van der Waals surface area (Å²) < 4.78 is 0. The number of aromatic nitrogens is 3. The molecule has 3 heterocycles. The van der Waals surface area contributed by atoms with Gasteiger partial charge in [0.25, 0.3) is 0 Å². The highest BCUT2D eigenvalue weighted by Gasteiger charge is 2.50. The highest BCUT2D eigenvalue weighted by atomic mass is 32.2. The minimum Gasteiger partial charge on any atom is -0.264 e. The number of hydrogen-bond donors (Lipinski definition) is 0. The normalized spacial score (nSPS) is 13.1. The van der Waals surface area contributed by atoms with Crippen LogP contribution >= 0.6 is 11.8 Å². The van der Waals surface area contributed by atoms with Gasteiger partial charge in [-0.15, -0.1) is 0 Å². The van der Waals surface area contributed by atoms with Crippen molar-refractivity contribution >= 4 is 22.5 Å². The van der Waals surface area contributed by atoms with Crippen LogP contribution in [0.25, 0.3) is 78.1 Å². The molecule has 1 aliphatic carbocycles. The lowest BCUT2D eigenvalue weighted by Gasteiger charge is -2.39. The van der Waals surface area contributed by atoms with E-state index in [1.54, 1.807) is 0 Å². The lowest BCUT2D eigenvalue weighted by atomic mass is 9.67. The SMILES string of the molecule is c1ccc(-c2cc(-c3ccc(-c4ccc5c(c4)-c4cc(-c6cccc7ccncc67)ccc4C54c5ccccc5Sc5ccccc54)cc3)nc(-c3ccccc3)n2)cc1. The Morgan fingerprint density at radius 2 is 0.917 bits per heavy atom. The van der Waals surface area contributed by atoms with E-state index in [0.29, 0.717) is 5.82 Å². The van der Waals surface area contributed by atoms with Gasteiger partial charge >= 0.3 is 0 Å². The van der Waals surface area contributed by atoms with Crippen LogP contribution in [0, 0.1) is 0 Å². The molecule has 8 aromatic carbocycles. The lowest BCUT2D eigenvalue weighted by molar-refractivity contribution is 0.722. The molecule has 3 nitrogen and oxygen atoms in total. The topological polar surface area (TPSA) is 38.7 Å². The number of fused-ring (bicyclic) bond motifs is 10. The maximum absolute atomic E-state index is 5.09. The van der Waals surface area contributed by atoms with Crippen molar-refractivity contribution in [3.05, 3.63) is 235 Å². The predicted molar refractivity (Wildman–Crippen MR) is 246 cm³/mol. The number of benzene rings is 8. The molecule has 1 spiro atoms. The highest BCUT2D eigenvalue weighted by Crippen LogP contribution is 2.62. The summed E-state index contributed by atoms with van der Waals surface area (Å²) in [5, 5.41) is 2.34. The fraction of sp³-hybridized carbons (Fsp3) is 0.0179. The Morgan fingerprint density at radius 3 is 1.60 bits per heavy atom. The smallest absolute Gasteiger partial charge is 0.160 e. The van der Waals surface area contributed by atoms with Gasteiger partial charge in [0, 0.05) is 44.3 Å². The van der Waals surface area contributed by atoms with Gasteiger partial charge in [-0.1, -0.05) is 176 Å². The Balaban J connectivity index is 1.02. The van der Waals surface area contributed by atoms with Crippen molar-refractivity contribution in [3.8, 4) is 67.3 Å². The zero-order chi connectivity index (χ0) is 39.6. The number of nitrogens with zero attached hydrogens (tertiary/aromatic N) is 3. The summed E-state index contributed by atoms with van der Waals surface area (Å²) in [6, 6.07) is 72.4. The van der Waals surface area contributed by atoms with E-state index in [1.807, 2.05) is 48.4 Å². The summed E-state index contributed by atoms with van der Waals surface area (Å²) in [4.78, 5) is 17.2. The zero-order valence-electron chi connectivity index (χ0n) is 32.5. The molecule has 10 aromatic rings. The molecule has 0 amide bonds. The summed E-state index contributed by atoms with van der Waals surface area (Å²) in [6.45, 7) is 0. The van der Waals surface area contributed by atoms with E-state index in [4.69, 9.17) is 9.97 Å². The average molecular weight is 782 g/mol. The quantitative estimate of drug-likeness (QED) is 0.174.